The average molecular weight is 339 g/mol. The predicted molar refractivity (Wildman–Crippen MR) is 86.9 cm³/mol. The summed E-state index contributed by atoms with van der Waals surface area (Å²) < 4.78 is 5.90. The summed E-state index contributed by atoms with van der Waals surface area (Å²) in [6.07, 6.45) is 3.11. The Bertz CT molecular complexity index is 588. The Hall–Kier alpha value is -0.390. The molecule has 0 aromatic heterocycles. The first-order valence-corrected chi connectivity index (χ1v) is 8.53. The van der Waals surface area contributed by atoms with Crippen molar-refractivity contribution in [2.45, 2.75) is 64.6 Å². The van der Waals surface area contributed by atoms with Crippen molar-refractivity contribution in [3.05, 3.63) is 34.4 Å². The zero-order valence-electron chi connectivity index (χ0n) is 15.3. The molecule has 1 aromatic rings. The van der Waals surface area contributed by atoms with Gasteiger partial charge in [-0.2, -0.15) is 0 Å². The third-order valence-corrected chi connectivity index (χ3v) is 5.47. The molecule has 1 spiro atoms. The van der Waals surface area contributed by atoms with Gasteiger partial charge in [-0.3, -0.25) is 0 Å². The Balaban J connectivity index is 0.00000208. The molecule has 1 heterocycles. The number of carboxylic acid groups (broad SMARTS) is 1. The summed E-state index contributed by atoms with van der Waals surface area (Å²) in [6, 6.07) is 4.85. The van der Waals surface area contributed by atoms with Gasteiger partial charge in [-0.1, -0.05) is 17.7 Å². The van der Waals surface area contributed by atoms with E-state index in [1.807, 2.05) is 0 Å². The molecule has 2 aliphatic rings. The minimum Gasteiger partial charge on any atom is -0.550 e. The van der Waals surface area contributed by atoms with Crippen molar-refractivity contribution in [1.29, 1.82) is 0 Å². The van der Waals surface area contributed by atoms with Gasteiger partial charge in [-0.05, 0) is 63.1 Å². The Morgan fingerprint density at radius 1 is 1.25 bits per heavy atom. The molecule has 0 amide bonds. The van der Waals surface area contributed by atoms with Gasteiger partial charge in [0.2, 0.25) is 0 Å². The summed E-state index contributed by atoms with van der Waals surface area (Å²) in [7, 11) is 0. The SMILES string of the molecule is Cc1cc(C)c(CNC2CCOC3(C2)CC(C(=O)[O-])C3)c(C)c1.[Na+]. The molecule has 1 unspecified atom stereocenters. The second-order valence-electron chi connectivity index (χ2n) is 7.40. The second-order valence-corrected chi connectivity index (χ2v) is 7.40. The van der Waals surface area contributed by atoms with Crippen LogP contribution in [0.25, 0.3) is 0 Å². The van der Waals surface area contributed by atoms with E-state index in [2.05, 4.69) is 38.2 Å². The summed E-state index contributed by atoms with van der Waals surface area (Å²) >= 11 is 0. The summed E-state index contributed by atoms with van der Waals surface area (Å²) in [6.45, 7) is 8.04. The molecule has 0 radical (unpaired) electrons. The molecular formula is C19H26NNaO3. The third-order valence-electron chi connectivity index (χ3n) is 5.47. The maximum absolute atomic E-state index is 10.9. The molecule has 1 aromatic carbocycles. The topological polar surface area (TPSA) is 61.4 Å². The summed E-state index contributed by atoms with van der Waals surface area (Å²) in [5.74, 6) is -1.25. The molecule has 1 N–H and O–H groups in total. The molecular weight excluding hydrogens is 313 g/mol. The zero-order valence-corrected chi connectivity index (χ0v) is 17.3. The Labute approximate surface area is 166 Å². The summed E-state index contributed by atoms with van der Waals surface area (Å²) in [4.78, 5) is 10.9. The van der Waals surface area contributed by atoms with E-state index in [-0.39, 0.29) is 41.1 Å². The standard InChI is InChI=1S/C19H27NO3.Na/c1-12-6-13(2)17(14(3)7-12)11-20-16-4-5-23-19(10-16)8-15(9-19)18(21)22;/h6-7,15-16,20H,4-5,8-11H2,1-3H3,(H,21,22);/q;+1/p-1. The predicted octanol–water partition coefficient (Wildman–Crippen LogP) is -1.22. The molecule has 1 aliphatic carbocycles. The number of rotatable bonds is 4. The van der Waals surface area contributed by atoms with Crippen molar-refractivity contribution in [2.75, 3.05) is 6.61 Å². The molecule has 1 saturated carbocycles. The number of carbonyl (C=O) groups is 1. The number of ether oxygens (including phenoxy) is 1. The van der Waals surface area contributed by atoms with Gasteiger partial charge >= 0.3 is 29.6 Å². The number of hydrogen-bond donors (Lipinski definition) is 1. The Kier molecular flexibility index (Phi) is 6.54. The van der Waals surface area contributed by atoms with Crippen LogP contribution in [0.2, 0.25) is 0 Å². The first-order valence-electron chi connectivity index (χ1n) is 8.53. The van der Waals surface area contributed by atoms with Gasteiger partial charge < -0.3 is 20.0 Å². The van der Waals surface area contributed by atoms with Crippen LogP contribution in [-0.2, 0) is 16.1 Å². The van der Waals surface area contributed by atoms with Crippen LogP contribution >= 0.6 is 0 Å². The number of aliphatic carboxylic acids is 1. The number of carbonyl (C=O) groups excluding carboxylic acids is 1. The average Bonchev–Trinajstić information content (AvgIpc) is 2.43. The summed E-state index contributed by atoms with van der Waals surface area (Å²) in [5, 5.41) is 14.6. The van der Waals surface area contributed by atoms with Crippen LogP contribution in [0.15, 0.2) is 12.1 Å². The Morgan fingerprint density at radius 3 is 2.46 bits per heavy atom. The van der Waals surface area contributed by atoms with E-state index in [0.717, 1.165) is 19.4 Å². The van der Waals surface area contributed by atoms with Crippen molar-refractivity contribution < 1.29 is 44.2 Å². The van der Waals surface area contributed by atoms with Gasteiger partial charge in [0.25, 0.3) is 0 Å². The molecule has 1 saturated heterocycles. The van der Waals surface area contributed by atoms with Gasteiger partial charge in [0.1, 0.15) is 0 Å². The van der Waals surface area contributed by atoms with Crippen molar-refractivity contribution in [2.24, 2.45) is 5.92 Å². The minimum atomic E-state index is -0.930. The number of aryl methyl sites for hydroxylation is 3. The number of nitrogens with one attached hydrogen (secondary N) is 1. The van der Waals surface area contributed by atoms with Gasteiger partial charge in [0.15, 0.2) is 0 Å². The van der Waals surface area contributed by atoms with E-state index in [1.54, 1.807) is 0 Å². The first-order chi connectivity index (χ1) is 10.9. The van der Waals surface area contributed by atoms with Crippen molar-refractivity contribution in [1.82, 2.24) is 5.32 Å². The normalized spacial score (nSPS) is 29.0. The van der Waals surface area contributed by atoms with Gasteiger partial charge in [-0.15, -0.1) is 0 Å². The molecule has 3 rings (SSSR count). The van der Waals surface area contributed by atoms with Crippen LogP contribution in [0.4, 0.5) is 0 Å². The largest absolute Gasteiger partial charge is 1.00 e. The van der Waals surface area contributed by atoms with Crippen LogP contribution in [0.5, 0.6) is 0 Å². The quantitative estimate of drug-likeness (QED) is 0.699. The van der Waals surface area contributed by atoms with Crippen LogP contribution in [0, 0.1) is 26.7 Å². The second kappa shape index (κ2) is 7.88. The smallest absolute Gasteiger partial charge is 0.550 e. The van der Waals surface area contributed by atoms with E-state index < -0.39 is 5.97 Å². The minimum absolute atomic E-state index is 0. The maximum Gasteiger partial charge on any atom is 1.00 e. The van der Waals surface area contributed by atoms with Crippen LogP contribution in [-0.4, -0.2) is 24.2 Å². The molecule has 0 bridgehead atoms. The van der Waals surface area contributed by atoms with E-state index in [0.29, 0.717) is 25.5 Å². The summed E-state index contributed by atoms with van der Waals surface area (Å²) in [5.41, 5.74) is 5.11. The number of benzene rings is 1. The monoisotopic (exact) mass is 339 g/mol. The van der Waals surface area contributed by atoms with Crippen LogP contribution in [0.3, 0.4) is 0 Å². The molecule has 24 heavy (non-hydrogen) atoms. The number of carboxylic acids is 1. The Morgan fingerprint density at radius 2 is 1.88 bits per heavy atom. The first kappa shape index (κ1) is 19.9. The molecule has 4 nitrogen and oxygen atoms in total. The number of hydrogen-bond acceptors (Lipinski definition) is 4. The van der Waals surface area contributed by atoms with Gasteiger partial charge in [0, 0.05) is 31.1 Å². The zero-order chi connectivity index (χ0) is 16.6. The fourth-order valence-corrected chi connectivity index (χ4v) is 4.23. The molecule has 1 atom stereocenters. The third kappa shape index (κ3) is 4.23. The van der Waals surface area contributed by atoms with Crippen molar-refractivity contribution in [3.8, 4) is 0 Å². The maximum atomic E-state index is 10.9. The van der Waals surface area contributed by atoms with Crippen LogP contribution < -0.4 is 40.0 Å². The van der Waals surface area contributed by atoms with E-state index in [1.165, 1.54) is 22.3 Å². The van der Waals surface area contributed by atoms with Crippen molar-refractivity contribution >= 4 is 5.97 Å². The molecule has 5 heteroatoms. The van der Waals surface area contributed by atoms with Crippen molar-refractivity contribution in [3.63, 3.8) is 0 Å². The molecule has 126 valence electrons. The molecule has 2 fully saturated rings. The van der Waals surface area contributed by atoms with E-state index in [4.69, 9.17) is 4.74 Å². The fraction of sp³-hybridized carbons (Fsp3) is 0.632. The van der Waals surface area contributed by atoms with Gasteiger partial charge in [-0.25, -0.2) is 0 Å². The van der Waals surface area contributed by atoms with Gasteiger partial charge in [0.05, 0.1) is 5.60 Å². The van der Waals surface area contributed by atoms with E-state index in [9.17, 15) is 9.90 Å². The van der Waals surface area contributed by atoms with Crippen LogP contribution in [0.1, 0.15) is 47.9 Å². The molecule has 1 aliphatic heterocycles. The van der Waals surface area contributed by atoms with E-state index >= 15 is 0 Å². The fourth-order valence-electron chi connectivity index (χ4n) is 4.23.